The molecule has 7 heteroatoms. The van der Waals surface area contributed by atoms with Crippen LogP contribution in [0.4, 0.5) is 0 Å². The van der Waals surface area contributed by atoms with Crippen LogP contribution in [0.5, 0.6) is 5.75 Å². The van der Waals surface area contributed by atoms with Gasteiger partial charge in [-0.2, -0.15) is 0 Å². The number of methoxy groups -OCH3 is 1. The van der Waals surface area contributed by atoms with E-state index in [0.717, 1.165) is 29.4 Å². The van der Waals surface area contributed by atoms with Gasteiger partial charge in [0.15, 0.2) is 0 Å². The molecule has 2 unspecified atom stereocenters. The summed E-state index contributed by atoms with van der Waals surface area (Å²) in [5.74, 6) is 0.316. The minimum Gasteiger partial charge on any atom is -0.497 e. The first-order chi connectivity index (χ1) is 13.8. The maximum Gasteiger partial charge on any atom is 0.303 e. The van der Waals surface area contributed by atoms with Crippen molar-refractivity contribution in [1.82, 2.24) is 9.88 Å². The van der Waals surface area contributed by atoms with Crippen LogP contribution in [0.2, 0.25) is 0 Å². The number of aliphatic hydroxyl groups is 2. The average Bonchev–Trinajstić information content (AvgIpc) is 2.71. The van der Waals surface area contributed by atoms with Gasteiger partial charge in [0.05, 0.1) is 24.8 Å². The van der Waals surface area contributed by atoms with E-state index >= 15 is 0 Å². The Labute approximate surface area is 170 Å². The van der Waals surface area contributed by atoms with E-state index in [2.05, 4.69) is 9.88 Å². The molecule has 0 radical (unpaired) electrons. The maximum atomic E-state index is 12.0. The molecule has 3 aliphatic heterocycles. The molecule has 6 atom stereocenters. The number of pyridine rings is 1. The second kappa shape index (κ2) is 7.55. The van der Waals surface area contributed by atoms with Gasteiger partial charge in [-0.3, -0.25) is 14.7 Å². The summed E-state index contributed by atoms with van der Waals surface area (Å²) in [6.07, 6.45) is 1.88. The van der Waals surface area contributed by atoms with Crippen LogP contribution in [0, 0.1) is 5.92 Å². The van der Waals surface area contributed by atoms with Gasteiger partial charge >= 0.3 is 5.97 Å². The van der Waals surface area contributed by atoms with Crippen molar-refractivity contribution in [3.63, 3.8) is 0 Å². The maximum absolute atomic E-state index is 12.0. The van der Waals surface area contributed by atoms with Crippen molar-refractivity contribution in [2.24, 2.45) is 5.92 Å². The molecule has 2 aromatic rings. The highest BCUT2D eigenvalue weighted by molar-refractivity contribution is 5.84. The summed E-state index contributed by atoms with van der Waals surface area (Å²) in [6.45, 7) is 4.22. The summed E-state index contributed by atoms with van der Waals surface area (Å²) >= 11 is 0. The molecule has 3 saturated heterocycles. The van der Waals surface area contributed by atoms with Gasteiger partial charge in [-0.05, 0) is 56.5 Å². The molecule has 4 heterocycles. The predicted molar refractivity (Wildman–Crippen MR) is 108 cm³/mol. The molecule has 3 aliphatic rings. The minimum atomic E-state index is -1.13. The highest BCUT2D eigenvalue weighted by Gasteiger charge is 2.54. The van der Waals surface area contributed by atoms with Gasteiger partial charge in [-0.25, -0.2) is 0 Å². The lowest BCUT2D eigenvalue weighted by molar-refractivity contribution is -0.199. The topological polar surface area (TPSA) is 92.1 Å². The second-order valence-electron chi connectivity index (χ2n) is 8.24. The number of nitrogens with zero attached hydrogens (tertiary/aromatic N) is 2. The number of aliphatic hydroxyl groups excluding tert-OH is 1. The number of esters is 1. The van der Waals surface area contributed by atoms with Crippen molar-refractivity contribution in [2.45, 2.75) is 50.5 Å². The summed E-state index contributed by atoms with van der Waals surface area (Å²) in [5.41, 5.74) is 0.554. The first-order valence-corrected chi connectivity index (χ1v) is 10.1. The Balaban J connectivity index is 1.76. The van der Waals surface area contributed by atoms with E-state index in [9.17, 15) is 15.0 Å². The zero-order chi connectivity index (χ0) is 20.8. The lowest BCUT2D eigenvalue weighted by Gasteiger charge is -2.56. The van der Waals surface area contributed by atoms with Gasteiger partial charge in [0, 0.05) is 30.6 Å². The highest BCUT2D eigenvalue weighted by atomic mass is 16.5. The van der Waals surface area contributed by atoms with Crippen molar-refractivity contribution in [3.8, 4) is 5.75 Å². The van der Waals surface area contributed by atoms with Gasteiger partial charge in [0.25, 0.3) is 0 Å². The Kier molecular flexibility index (Phi) is 5.23. The fraction of sp³-hybridized carbons (Fsp3) is 0.545. The van der Waals surface area contributed by atoms with Crippen LogP contribution in [-0.4, -0.2) is 64.0 Å². The average molecular weight is 400 g/mol. The number of rotatable bonds is 5. The number of aromatic nitrogens is 1. The number of hydrogen-bond donors (Lipinski definition) is 2. The van der Waals surface area contributed by atoms with Crippen molar-refractivity contribution >= 4 is 16.9 Å². The van der Waals surface area contributed by atoms with Crippen molar-refractivity contribution in [1.29, 1.82) is 0 Å². The molecular weight excluding hydrogens is 372 g/mol. The van der Waals surface area contributed by atoms with Crippen LogP contribution in [0.15, 0.2) is 30.5 Å². The fourth-order valence-electron chi connectivity index (χ4n) is 4.99. The lowest BCUT2D eigenvalue weighted by atomic mass is 9.68. The molecule has 2 N–H and O–H groups in total. The third-order valence-electron chi connectivity index (χ3n) is 6.58. The summed E-state index contributed by atoms with van der Waals surface area (Å²) in [7, 11) is 1.61. The molecule has 2 bridgehead atoms. The monoisotopic (exact) mass is 400 g/mol. The zero-order valence-corrected chi connectivity index (χ0v) is 17.0. The first-order valence-electron chi connectivity index (χ1n) is 10.1. The van der Waals surface area contributed by atoms with E-state index in [-0.39, 0.29) is 17.9 Å². The fourth-order valence-corrected chi connectivity index (χ4v) is 4.99. The Morgan fingerprint density at radius 3 is 2.79 bits per heavy atom. The SMILES string of the molecule is COc1ccc2nccc([C@@H](OC(C)=O)[C@@H]3C[C@@H]4CCN3C[C@]4(O)C(C)O)c2c1. The van der Waals surface area contributed by atoms with Crippen LogP contribution in [0.3, 0.4) is 0 Å². The normalized spacial score (nSPS) is 30.7. The molecule has 1 aromatic carbocycles. The molecule has 0 aliphatic carbocycles. The van der Waals surface area contributed by atoms with Gasteiger partial charge in [-0.1, -0.05) is 0 Å². The number of carbonyl (C=O) groups is 1. The molecule has 0 spiro atoms. The number of benzene rings is 1. The van der Waals surface area contributed by atoms with Crippen LogP contribution in [-0.2, 0) is 9.53 Å². The minimum absolute atomic E-state index is 0.0433. The van der Waals surface area contributed by atoms with E-state index in [0.29, 0.717) is 18.7 Å². The smallest absolute Gasteiger partial charge is 0.303 e. The Bertz CT molecular complexity index is 917. The molecule has 5 rings (SSSR count). The van der Waals surface area contributed by atoms with Crippen LogP contribution in [0.1, 0.15) is 38.4 Å². The predicted octanol–water partition coefficient (Wildman–Crippen LogP) is 2.05. The summed E-state index contributed by atoms with van der Waals surface area (Å²) < 4.78 is 11.2. The molecule has 29 heavy (non-hydrogen) atoms. The van der Waals surface area contributed by atoms with E-state index < -0.39 is 17.8 Å². The van der Waals surface area contributed by atoms with Crippen LogP contribution in [0.25, 0.3) is 10.9 Å². The number of ether oxygens (including phenoxy) is 2. The third kappa shape index (κ3) is 3.47. The van der Waals surface area contributed by atoms with Crippen molar-refractivity contribution in [2.75, 3.05) is 20.2 Å². The van der Waals surface area contributed by atoms with Gasteiger partial charge in [-0.15, -0.1) is 0 Å². The van der Waals surface area contributed by atoms with Gasteiger partial charge in [0.2, 0.25) is 0 Å². The van der Waals surface area contributed by atoms with Crippen LogP contribution >= 0.6 is 0 Å². The molecule has 3 fully saturated rings. The van der Waals surface area contributed by atoms with Gasteiger partial charge < -0.3 is 19.7 Å². The van der Waals surface area contributed by atoms with E-state index in [1.165, 1.54) is 6.92 Å². The van der Waals surface area contributed by atoms with Gasteiger partial charge in [0.1, 0.15) is 17.5 Å². The lowest BCUT2D eigenvalue weighted by Crippen LogP contribution is -2.67. The largest absolute Gasteiger partial charge is 0.497 e. The number of carbonyl (C=O) groups excluding carboxylic acids is 1. The molecule has 156 valence electrons. The second-order valence-corrected chi connectivity index (χ2v) is 8.24. The third-order valence-corrected chi connectivity index (χ3v) is 6.58. The molecule has 1 aromatic heterocycles. The first kappa shape index (κ1) is 20.1. The molecule has 7 nitrogen and oxygen atoms in total. The molecule has 0 saturated carbocycles. The quantitative estimate of drug-likeness (QED) is 0.742. The highest BCUT2D eigenvalue weighted by Crippen LogP contribution is 2.46. The van der Waals surface area contributed by atoms with Crippen molar-refractivity contribution < 1.29 is 24.5 Å². The summed E-state index contributed by atoms with van der Waals surface area (Å²) in [4.78, 5) is 18.6. The number of piperidine rings is 3. The number of hydrogen-bond acceptors (Lipinski definition) is 7. The Morgan fingerprint density at radius 2 is 2.17 bits per heavy atom. The van der Waals surface area contributed by atoms with Crippen LogP contribution < -0.4 is 4.74 Å². The summed E-state index contributed by atoms with van der Waals surface area (Å²) in [6, 6.07) is 7.47. The van der Waals surface area contributed by atoms with Crippen molar-refractivity contribution in [3.05, 3.63) is 36.0 Å². The molecular formula is C22H28N2O5. The standard InChI is InChI=1S/C22H28N2O5/c1-13(25)22(27)12-24-9-7-15(22)10-20(24)21(29-14(2)26)17-6-8-23-19-5-4-16(28-3)11-18(17)19/h4-6,8,11,13,15,20-21,25,27H,7,9-10,12H2,1-3H3/t13?,15-,20-,21+,22-/m0/s1. The number of fused-ring (bicyclic) bond motifs is 4. The zero-order valence-electron chi connectivity index (χ0n) is 17.0. The van der Waals surface area contributed by atoms with E-state index in [1.54, 1.807) is 20.2 Å². The Morgan fingerprint density at radius 1 is 1.38 bits per heavy atom. The summed E-state index contributed by atoms with van der Waals surface area (Å²) in [5, 5.41) is 22.0. The van der Waals surface area contributed by atoms with E-state index in [1.807, 2.05) is 24.3 Å². The Hall–Kier alpha value is -2.22. The van der Waals surface area contributed by atoms with E-state index in [4.69, 9.17) is 9.47 Å². The molecule has 0 amide bonds.